The van der Waals surface area contributed by atoms with Crippen LogP contribution in [0, 0.1) is 0 Å². The summed E-state index contributed by atoms with van der Waals surface area (Å²) in [7, 11) is -3.71. The quantitative estimate of drug-likeness (QED) is 0.502. The van der Waals surface area contributed by atoms with E-state index in [0.717, 1.165) is 22.3 Å². The maximum Gasteiger partial charge on any atom is 0.238 e. The van der Waals surface area contributed by atoms with Gasteiger partial charge in [0.25, 0.3) is 0 Å². The number of nitrogens with two attached hydrogens (primary N) is 1. The molecule has 162 valence electrons. The van der Waals surface area contributed by atoms with Crippen LogP contribution in [-0.2, 0) is 14.8 Å². The topological polar surface area (TPSA) is 101 Å². The zero-order valence-electron chi connectivity index (χ0n) is 17.6. The first kappa shape index (κ1) is 22.7. The van der Waals surface area contributed by atoms with E-state index in [4.69, 9.17) is 5.14 Å². The van der Waals surface area contributed by atoms with Crippen LogP contribution in [0.2, 0.25) is 0 Å². The minimum absolute atomic E-state index is 0.0632. The van der Waals surface area contributed by atoms with Gasteiger partial charge in [-0.25, -0.2) is 13.6 Å². The second kappa shape index (κ2) is 9.87. The molecule has 1 amide bonds. The number of rotatable bonds is 8. The van der Waals surface area contributed by atoms with Crippen LogP contribution in [0.15, 0.2) is 83.8 Å². The normalized spacial score (nSPS) is 13.4. The Balaban J connectivity index is 1.52. The summed E-state index contributed by atoms with van der Waals surface area (Å²) < 4.78 is 22.7. The molecule has 0 aromatic heterocycles. The van der Waals surface area contributed by atoms with Crippen LogP contribution in [0.3, 0.4) is 0 Å². The maximum atomic E-state index is 12.4. The highest BCUT2D eigenvalue weighted by Crippen LogP contribution is 2.22. The monoisotopic (exact) mass is 437 g/mol. The molecule has 4 N–H and O–H groups in total. The number of benzene rings is 3. The zero-order valence-corrected chi connectivity index (χ0v) is 18.4. The van der Waals surface area contributed by atoms with Gasteiger partial charge in [0.2, 0.25) is 15.9 Å². The van der Waals surface area contributed by atoms with Crippen molar-refractivity contribution in [3.05, 3.63) is 90.0 Å². The predicted octanol–water partition coefficient (Wildman–Crippen LogP) is 3.53. The summed E-state index contributed by atoms with van der Waals surface area (Å²) in [5.41, 5.74) is 4.18. The van der Waals surface area contributed by atoms with Gasteiger partial charge in [0.1, 0.15) is 0 Å². The van der Waals surface area contributed by atoms with E-state index in [-0.39, 0.29) is 29.4 Å². The third-order valence-corrected chi connectivity index (χ3v) is 6.10. The summed E-state index contributed by atoms with van der Waals surface area (Å²) >= 11 is 0. The predicted molar refractivity (Wildman–Crippen MR) is 123 cm³/mol. The summed E-state index contributed by atoms with van der Waals surface area (Å²) in [6, 6.07) is 24.3. The molecular formula is C24H27N3O3S. The van der Waals surface area contributed by atoms with E-state index in [1.807, 2.05) is 44.2 Å². The molecule has 3 aromatic rings. The van der Waals surface area contributed by atoms with Gasteiger partial charge in [0, 0.05) is 6.04 Å². The van der Waals surface area contributed by atoms with E-state index in [1.165, 1.54) is 12.1 Å². The number of hydrogen-bond acceptors (Lipinski definition) is 4. The molecule has 0 saturated carbocycles. The summed E-state index contributed by atoms with van der Waals surface area (Å²) in [5, 5.41) is 11.3. The lowest BCUT2D eigenvalue weighted by Gasteiger charge is -2.18. The standard InChI is InChI=1S/C24H27N3O3S/c1-17(19-12-14-23(15-13-19)31(25,29)30)26-16-24(28)27-18(2)20-8-10-22(11-9-20)21-6-4-3-5-7-21/h3-15,17-18,26H,16H2,1-2H3,(H,27,28)(H2,25,29,30)/t17-,18+/m1/s1. The Morgan fingerprint density at radius 1 is 0.806 bits per heavy atom. The third-order valence-electron chi connectivity index (χ3n) is 5.17. The van der Waals surface area contributed by atoms with Crippen molar-refractivity contribution in [3.63, 3.8) is 0 Å². The van der Waals surface area contributed by atoms with Gasteiger partial charge in [0.05, 0.1) is 17.5 Å². The Morgan fingerprint density at radius 2 is 1.32 bits per heavy atom. The van der Waals surface area contributed by atoms with Crippen LogP contribution < -0.4 is 15.8 Å². The molecular weight excluding hydrogens is 410 g/mol. The zero-order chi connectivity index (χ0) is 22.4. The lowest BCUT2D eigenvalue weighted by molar-refractivity contribution is -0.121. The maximum absolute atomic E-state index is 12.4. The molecule has 0 spiro atoms. The van der Waals surface area contributed by atoms with Crippen LogP contribution in [-0.4, -0.2) is 20.9 Å². The smallest absolute Gasteiger partial charge is 0.238 e. The van der Waals surface area contributed by atoms with Crippen LogP contribution in [0.25, 0.3) is 11.1 Å². The van der Waals surface area contributed by atoms with E-state index >= 15 is 0 Å². The number of carbonyl (C=O) groups is 1. The van der Waals surface area contributed by atoms with Crippen LogP contribution in [0.4, 0.5) is 0 Å². The Morgan fingerprint density at radius 3 is 1.90 bits per heavy atom. The summed E-state index contributed by atoms with van der Waals surface area (Å²) in [6.45, 7) is 4.00. The average Bonchev–Trinajstić information content (AvgIpc) is 2.77. The summed E-state index contributed by atoms with van der Waals surface area (Å²) in [5.74, 6) is -0.118. The van der Waals surface area contributed by atoms with Crippen molar-refractivity contribution in [2.75, 3.05) is 6.54 Å². The van der Waals surface area contributed by atoms with Gasteiger partial charge in [-0.05, 0) is 48.2 Å². The molecule has 0 aliphatic rings. The number of carbonyl (C=O) groups excluding carboxylic acids is 1. The molecule has 0 aliphatic heterocycles. The van der Waals surface area contributed by atoms with Gasteiger partial charge in [-0.2, -0.15) is 0 Å². The minimum Gasteiger partial charge on any atom is -0.348 e. The SMILES string of the molecule is C[C@H](NC(=O)CN[C@H](C)c1ccc(S(N)(=O)=O)cc1)c1ccc(-c2ccccc2)cc1. The molecule has 3 aromatic carbocycles. The minimum atomic E-state index is -3.71. The fourth-order valence-corrected chi connectivity index (χ4v) is 3.80. The van der Waals surface area contributed by atoms with Crippen molar-refractivity contribution in [1.29, 1.82) is 0 Å². The van der Waals surface area contributed by atoms with Gasteiger partial charge in [-0.1, -0.05) is 66.7 Å². The molecule has 7 heteroatoms. The lowest BCUT2D eigenvalue weighted by atomic mass is 10.0. The van der Waals surface area contributed by atoms with Gasteiger partial charge < -0.3 is 10.6 Å². The van der Waals surface area contributed by atoms with Gasteiger partial charge in [-0.15, -0.1) is 0 Å². The molecule has 0 unspecified atom stereocenters. The first-order valence-electron chi connectivity index (χ1n) is 10.0. The van der Waals surface area contributed by atoms with Gasteiger partial charge >= 0.3 is 0 Å². The molecule has 3 rings (SSSR count). The molecule has 0 fully saturated rings. The number of sulfonamides is 1. The molecule has 6 nitrogen and oxygen atoms in total. The van der Waals surface area contributed by atoms with Crippen LogP contribution in [0.1, 0.15) is 37.1 Å². The molecule has 0 aliphatic carbocycles. The largest absolute Gasteiger partial charge is 0.348 e. The number of primary sulfonamides is 1. The van der Waals surface area contributed by atoms with Crippen LogP contribution >= 0.6 is 0 Å². The highest BCUT2D eigenvalue weighted by Gasteiger charge is 2.13. The molecule has 0 heterocycles. The van der Waals surface area contributed by atoms with E-state index in [0.29, 0.717) is 0 Å². The Hall–Kier alpha value is -3.00. The van der Waals surface area contributed by atoms with Crippen molar-refractivity contribution in [2.24, 2.45) is 5.14 Å². The average molecular weight is 438 g/mol. The van der Waals surface area contributed by atoms with E-state index in [2.05, 4.69) is 34.9 Å². The first-order chi connectivity index (χ1) is 14.7. The summed E-state index contributed by atoms with van der Waals surface area (Å²) in [6.07, 6.45) is 0. The third kappa shape index (κ3) is 6.24. The van der Waals surface area contributed by atoms with Gasteiger partial charge in [-0.3, -0.25) is 4.79 Å². The number of amides is 1. The summed E-state index contributed by atoms with van der Waals surface area (Å²) in [4.78, 5) is 12.4. The second-order valence-corrected chi connectivity index (χ2v) is 9.06. The van der Waals surface area contributed by atoms with Crippen LogP contribution in [0.5, 0.6) is 0 Å². The highest BCUT2D eigenvalue weighted by atomic mass is 32.2. The Kier molecular flexibility index (Phi) is 7.22. The van der Waals surface area contributed by atoms with Gasteiger partial charge in [0.15, 0.2) is 0 Å². The number of hydrogen-bond donors (Lipinski definition) is 3. The lowest BCUT2D eigenvalue weighted by Crippen LogP contribution is -2.36. The van der Waals surface area contributed by atoms with E-state index < -0.39 is 10.0 Å². The molecule has 31 heavy (non-hydrogen) atoms. The molecule has 0 saturated heterocycles. The highest BCUT2D eigenvalue weighted by molar-refractivity contribution is 7.89. The first-order valence-corrected chi connectivity index (χ1v) is 11.6. The van der Waals surface area contributed by atoms with E-state index in [1.54, 1.807) is 12.1 Å². The van der Waals surface area contributed by atoms with E-state index in [9.17, 15) is 13.2 Å². The van der Waals surface area contributed by atoms with Crippen molar-refractivity contribution in [2.45, 2.75) is 30.8 Å². The fraction of sp³-hybridized carbons (Fsp3) is 0.208. The molecule has 2 atom stereocenters. The molecule has 0 radical (unpaired) electrons. The molecule has 0 bridgehead atoms. The Labute approximate surface area is 183 Å². The number of nitrogens with one attached hydrogen (secondary N) is 2. The van der Waals surface area contributed by atoms with Crippen molar-refractivity contribution >= 4 is 15.9 Å². The Bertz CT molecular complexity index is 1110. The second-order valence-electron chi connectivity index (χ2n) is 7.49. The van der Waals surface area contributed by atoms with Crippen molar-refractivity contribution in [3.8, 4) is 11.1 Å². The fourth-order valence-electron chi connectivity index (χ4n) is 3.28. The van der Waals surface area contributed by atoms with Crippen molar-refractivity contribution in [1.82, 2.24) is 10.6 Å². The van der Waals surface area contributed by atoms with Crippen molar-refractivity contribution < 1.29 is 13.2 Å².